The first-order valence-electron chi connectivity index (χ1n) is 27.5. The van der Waals surface area contributed by atoms with Gasteiger partial charge in [0.2, 0.25) is 0 Å². The van der Waals surface area contributed by atoms with Crippen LogP contribution in [0.3, 0.4) is 0 Å². The number of esters is 3. The van der Waals surface area contributed by atoms with Gasteiger partial charge in [-0.15, -0.1) is 0 Å². The summed E-state index contributed by atoms with van der Waals surface area (Å²) < 4.78 is 16.8. The predicted octanol–water partition coefficient (Wildman–Crippen LogP) is 18.0. The third kappa shape index (κ3) is 49.3. The Balaban J connectivity index is 4.12. The van der Waals surface area contributed by atoms with Gasteiger partial charge in [-0.05, 0) is 19.3 Å². The lowest BCUT2D eigenvalue weighted by Gasteiger charge is -2.18. The Kier molecular flexibility index (Phi) is 49.7. The lowest BCUT2D eigenvalue weighted by atomic mass is 10.0. The van der Waals surface area contributed by atoms with Gasteiger partial charge in [-0.1, -0.05) is 278 Å². The van der Waals surface area contributed by atoms with Gasteiger partial charge < -0.3 is 14.2 Å². The molecule has 0 N–H and O–H groups in total. The van der Waals surface area contributed by atoms with Gasteiger partial charge in [-0.25, -0.2) is 0 Å². The van der Waals surface area contributed by atoms with Crippen molar-refractivity contribution in [2.24, 2.45) is 0 Å². The number of unbranched alkanes of at least 4 members (excludes halogenated alkanes) is 40. The minimum absolute atomic E-state index is 0.0621. The largest absolute Gasteiger partial charge is 0.462 e. The summed E-state index contributed by atoms with van der Waals surface area (Å²) in [7, 11) is 0. The second-order valence-electron chi connectivity index (χ2n) is 18.9. The summed E-state index contributed by atoms with van der Waals surface area (Å²) in [4.78, 5) is 37.8. The first kappa shape index (κ1) is 59.4. The van der Waals surface area contributed by atoms with Crippen molar-refractivity contribution in [3.63, 3.8) is 0 Å². The van der Waals surface area contributed by atoms with Gasteiger partial charge in [0.15, 0.2) is 6.10 Å². The number of carbonyl (C=O) groups is 3. The maximum atomic E-state index is 12.8. The molecule has 0 aliphatic rings. The molecule has 6 heteroatoms. The maximum Gasteiger partial charge on any atom is 0.306 e. The zero-order chi connectivity index (χ0) is 44.4. The molecular weight excluding hydrogens is 757 g/mol. The van der Waals surface area contributed by atoms with E-state index in [4.69, 9.17) is 14.2 Å². The van der Waals surface area contributed by atoms with Gasteiger partial charge in [0, 0.05) is 19.3 Å². The Morgan fingerprint density at radius 3 is 0.656 bits per heavy atom. The van der Waals surface area contributed by atoms with Crippen molar-refractivity contribution in [2.75, 3.05) is 13.2 Å². The van der Waals surface area contributed by atoms with Crippen LogP contribution in [0.5, 0.6) is 0 Å². The zero-order valence-electron chi connectivity index (χ0n) is 41.5. The molecule has 0 heterocycles. The molecule has 362 valence electrons. The fourth-order valence-corrected chi connectivity index (χ4v) is 8.45. The second-order valence-corrected chi connectivity index (χ2v) is 18.9. The highest BCUT2D eigenvalue weighted by molar-refractivity contribution is 5.71. The van der Waals surface area contributed by atoms with Crippen LogP contribution in [0, 0.1) is 0 Å². The summed E-state index contributed by atoms with van der Waals surface area (Å²) in [6, 6.07) is 0. The fraction of sp³-hybridized carbons (Fsp3) is 0.945. The van der Waals surface area contributed by atoms with Crippen LogP contribution < -0.4 is 0 Å². The summed E-state index contributed by atoms with van der Waals surface area (Å²) in [6.07, 6.45) is 55.4. The Labute approximate surface area is 380 Å². The number of ether oxygens (including phenoxy) is 3. The van der Waals surface area contributed by atoms with Crippen molar-refractivity contribution >= 4 is 17.9 Å². The quantitative estimate of drug-likeness (QED) is 0.0344. The third-order valence-electron chi connectivity index (χ3n) is 12.6. The van der Waals surface area contributed by atoms with E-state index in [1.54, 1.807) is 0 Å². The lowest BCUT2D eigenvalue weighted by molar-refractivity contribution is -0.167. The van der Waals surface area contributed by atoms with Crippen molar-refractivity contribution < 1.29 is 28.6 Å². The van der Waals surface area contributed by atoms with Crippen LogP contribution in [-0.4, -0.2) is 37.2 Å². The number of hydrogen-bond donors (Lipinski definition) is 0. The number of carbonyl (C=O) groups excluding carboxylic acids is 3. The van der Waals surface area contributed by atoms with Crippen molar-refractivity contribution in [2.45, 2.75) is 322 Å². The monoisotopic (exact) mass is 863 g/mol. The van der Waals surface area contributed by atoms with Crippen molar-refractivity contribution in [1.82, 2.24) is 0 Å². The van der Waals surface area contributed by atoms with Crippen molar-refractivity contribution in [3.05, 3.63) is 0 Å². The lowest BCUT2D eigenvalue weighted by Crippen LogP contribution is -2.30. The number of rotatable bonds is 51. The van der Waals surface area contributed by atoms with E-state index in [1.807, 2.05) is 0 Å². The number of hydrogen-bond acceptors (Lipinski definition) is 6. The van der Waals surface area contributed by atoms with Gasteiger partial charge in [-0.2, -0.15) is 0 Å². The van der Waals surface area contributed by atoms with E-state index >= 15 is 0 Å². The van der Waals surface area contributed by atoms with Crippen molar-refractivity contribution in [3.8, 4) is 0 Å². The third-order valence-corrected chi connectivity index (χ3v) is 12.6. The molecule has 0 saturated carbocycles. The molecule has 1 atom stereocenters. The molecule has 0 aromatic heterocycles. The predicted molar refractivity (Wildman–Crippen MR) is 261 cm³/mol. The van der Waals surface area contributed by atoms with E-state index in [0.717, 1.165) is 57.8 Å². The van der Waals surface area contributed by atoms with Crippen molar-refractivity contribution in [1.29, 1.82) is 0 Å². The smallest absolute Gasteiger partial charge is 0.306 e. The molecule has 0 aromatic rings. The summed E-state index contributed by atoms with van der Waals surface area (Å²) in [5.74, 6) is -0.846. The Bertz CT molecular complexity index is 905. The molecule has 0 aliphatic carbocycles. The standard InChI is InChI=1S/C55H106O6/c1-4-7-10-13-16-18-20-22-24-25-26-27-28-29-31-32-34-36-39-42-45-48-54(57)60-51-52(50-59-53(56)47-44-41-38-15-12-9-6-3)61-55(58)49-46-43-40-37-35-33-30-23-21-19-17-14-11-8-5-2/h52H,4-51H2,1-3H3. The van der Waals surface area contributed by atoms with Crippen LogP contribution in [0.1, 0.15) is 316 Å². The molecule has 0 aromatic carbocycles. The van der Waals surface area contributed by atoms with E-state index in [9.17, 15) is 14.4 Å². The highest BCUT2D eigenvalue weighted by Crippen LogP contribution is 2.17. The van der Waals surface area contributed by atoms with E-state index in [0.29, 0.717) is 19.3 Å². The van der Waals surface area contributed by atoms with E-state index in [1.165, 1.54) is 218 Å². The molecule has 0 bridgehead atoms. The molecule has 1 unspecified atom stereocenters. The molecule has 0 aliphatic heterocycles. The SMILES string of the molecule is CCCCCCCCCCCCCCCCCCCCCCCC(=O)OCC(COC(=O)CCCCCCCCC)OC(=O)CCCCCCCCCCCCCCCCC. The Morgan fingerprint density at radius 1 is 0.262 bits per heavy atom. The average molecular weight is 863 g/mol. The molecule has 0 fully saturated rings. The summed E-state index contributed by atoms with van der Waals surface area (Å²) in [5.41, 5.74) is 0. The van der Waals surface area contributed by atoms with Crippen LogP contribution in [0.2, 0.25) is 0 Å². The highest BCUT2D eigenvalue weighted by atomic mass is 16.6. The first-order chi connectivity index (χ1) is 30.0. The molecule has 6 nitrogen and oxygen atoms in total. The zero-order valence-corrected chi connectivity index (χ0v) is 41.5. The van der Waals surface area contributed by atoms with Crippen LogP contribution in [0.4, 0.5) is 0 Å². The van der Waals surface area contributed by atoms with E-state index in [-0.39, 0.29) is 31.1 Å². The van der Waals surface area contributed by atoms with Gasteiger partial charge in [0.25, 0.3) is 0 Å². The summed E-state index contributed by atoms with van der Waals surface area (Å²) in [6.45, 7) is 6.65. The summed E-state index contributed by atoms with van der Waals surface area (Å²) >= 11 is 0. The fourth-order valence-electron chi connectivity index (χ4n) is 8.45. The minimum atomic E-state index is -0.759. The maximum absolute atomic E-state index is 12.8. The van der Waals surface area contributed by atoms with Gasteiger partial charge in [0.05, 0.1) is 0 Å². The summed E-state index contributed by atoms with van der Waals surface area (Å²) in [5, 5.41) is 0. The van der Waals surface area contributed by atoms with Crippen LogP contribution in [-0.2, 0) is 28.6 Å². The molecular formula is C55H106O6. The normalized spacial score (nSPS) is 11.9. The molecule has 0 radical (unpaired) electrons. The first-order valence-corrected chi connectivity index (χ1v) is 27.5. The van der Waals surface area contributed by atoms with Crippen LogP contribution in [0.15, 0.2) is 0 Å². The molecule has 0 saturated heterocycles. The van der Waals surface area contributed by atoms with Crippen LogP contribution >= 0.6 is 0 Å². The van der Waals surface area contributed by atoms with Gasteiger partial charge >= 0.3 is 17.9 Å². The van der Waals surface area contributed by atoms with E-state index < -0.39 is 6.10 Å². The molecule has 0 amide bonds. The van der Waals surface area contributed by atoms with Gasteiger partial charge in [0.1, 0.15) is 13.2 Å². The van der Waals surface area contributed by atoms with Gasteiger partial charge in [-0.3, -0.25) is 14.4 Å². The Hall–Kier alpha value is -1.59. The topological polar surface area (TPSA) is 78.9 Å². The average Bonchev–Trinajstić information content (AvgIpc) is 3.26. The highest BCUT2D eigenvalue weighted by Gasteiger charge is 2.19. The second kappa shape index (κ2) is 51.0. The van der Waals surface area contributed by atoms with Crippen LogP contribution in [0.25, 0.3) is 0 Å². The molecule has 0 spiro atoms. The minimum Gasteiger partial charge on any atom is -0.462 e. The Morgan fingerprint density at radius 2 is 0.443 bits per heavy atom. The molecule has 0 rings (SSSR count). The molecule has 61 heavy (non-hydrogen) atoms. The van der Waals surface area contributed by atoms with E-state index in [2.05, 4.69) is 20.8 Å².